The molecule has 2 N–H and O–H groups in total. The number of nitrogens with one attached hydrogen (secondary N) is 2. The van der Waals surface area contributed by atoms with Crippen molar-refractivity contribution in [1.82, 2.24) is 15.6 Å². The normalized spacial score (nSPS) is 18.3. The van der Waals surface area contributed by atoms with Crippen LogP contribution < -0.4 is 10.6 Å². The van der Waals surface area contributed by atoms with Gasteiger partial charge in [-0.15, -0.1) is 35.3 Å². The van der Waals surface area contributed by atoms with Crippen molar-refractivity contribution in [2.24, 2.45) is 10.9 Å². The zero-order valence-electron chi connectivity index (χ0n) is 15.0. The summed E-state index contributed by atoms with van der Waals surface area (Å²) in [5.41, 5.74) is 0. The molecule has 3 rings (SSSR count). The molecule has 1 fully saturated rings. The number of ether oxygens (including phenoxy) is 1. The average Bonchev–Trinajstić information content (AvgIpc) is 3.39. The Morgan fingerprint density at radius 2 is 2.38 bits per heavy atom. The van der Waals surface area contributed by atoms with Gasteiger partial charge in [-0.05, 0) is 18.6 Å². The number of rotatable bonds is 8. The summed E-state index contributed by atoms with van der Waals surface area (Å²) < 4.78 is 10.8. The molecule has 0 amide bonds. The number of furan rings is 1. The van der Waals surface area contributed by atoms with Crippen LogP contribution in [0.5, 0.6) is 0 Å². The van der Waals surface area contributed by atoms with Crippen LogP contribution >= 0.6 is 35.3 Å². The van der Waals surface area contributed by atoms with Gasteiger partial charge in [0.2, 0.25) is 0 Å². The molecule has 1 aliphatic heterocycles. The molecule has 2 aromatic heterocycles. The van der Waals surface area contributed by atoms with Gasteiger partial charge in [-0.2, -0.15) is 0 Å². The van der Waals surface area contributed by atoms with Gasteiger partial charge in [0, 0.05) is 49.5 Å². The maximum Gasteiger partial charge on any atom is 0.191 e. The van der Waals surface area contributed by atoms with E-state index < -0.39 is 0 Å². The molecule has 0 radical (unpaired) electrons. The minimum absolute atomic E-state index is 0. The molecule has 0 spiro atoms. The van der Waals surface area contributed by atoms with Gasteiger partial charge in [-0.1, -0.05) is 6.92 Å². The van der Waals surface area contributed by atoms with Gasteiger partial charge < -0.3 is 19.8 Å². The molecule has 0 bridgehead atoms. The van der Waals surface area contributed by atoms with Gasteiger partial charge in [0.05, 0.1) is 24.4 Å². The molecule has 144 valence electrons. The molecular formula is C18H27IN4O2S. The number of hydrogen-bond donors (Lipinski definition) is 2. The second-order valence-corrected chi connectivity index (χ2v) is 7.25. The summed E-state index contributed by atoms with van der Waals surface area (Å²) in [6, 6.07) is 3.91. The van der Waals surface area contributed by atoms with Crippen LogP contribution in [0, 0.1) is 5.92 Å². The van der Waals surface area contributed by atoms with Crippen LogP contribution in [0.25, 0.3) is 0 Å². The van der Waals surface area contributed by atoms with Crippen molar-refractivity contribution < 1.29 is 9.15 Å². The molecular weight excluding hydrogens is 463 g/mol. The number of halogens is 1. The van der Waals surface area contributed by atoms with E-state index in [1.807, 2.05) is 23.7 Å². The minimum atomic E-state index is 0. The van der Waals surface area contributed by atoms with E-state index in [1.54, 1.807) is 17.6 Å². The van der Waals surface area contributed by atoms with E-state index in [9.17, 15) is 0 Å². The van der Waals surface area contributed by atoms with Crippen molar-refractivity contribution in [3.63, 3.8) is 0 Å². The number of guanidine groups is 1. The van der Waals surface area contributed by atoms with E-state index in [-0.39, 0.29) is 24.0 Å². The summed E-state index contributed by atoms with van der Waals surface area (Å²) >= 11 is 1.68. The Morgan fingerprint density at radius 1 is 1.46 bits per heavy atom. The highest BCUT2D eigenvalue weighted by atomic mass is 127. The number of nitrogens with zero attached hydrogens (tertiary/aromatic N) is 2. The zero-order chi connectivity index (χ0) is 17.3. The van der Waals surface area contributed by atoms with E-state index in [2.05, 4.69) is 22.5 Å². The largest absolute Gasteiger partial charge is 0.469 e. The first-order valence-electron chi connectivity index (χ1n) is 8.83. The van der Waals surface area contributed by atoms with Crippen LogP contribution in [0.1, 0.15) is 30.0 Å². The first-order chi connectivity index (χ1) is 12.3. The van der Waals surface area contributed by atoms with Crippen molar-refractivity contribution in [2.75, 3.05) is 32.8 Å². The molecule has 2 unspecified atom stereocenters. The van der Waals surface area contributed by atoms with E-state index in [0.29, 0.717) is 18.4 Å². The maximum absolute atomic E-state index is 5.45. The molecule has 0 saturated carbocycles. The van der Waals surface area contributed by atoms with Crippen molar-refractivity contribution in [2.45, 2.75) is 25.7 Å². The number of hydrogen-bond acceptors (Lipinski definition) is 5. The van der Waals surface area contributed by atoms with Crippen LogP contribution in [-0.4, -0.2) is 43.8 Å². The van der Waals surface area contributed by atoms with Gasteiger partial charge in [-0.3, -0.25) is 4.99 Å². The summed E-state index contributed by atoms with van der Waals surface area (Å²) in [5, 5.41) is 10.00. The van der Waals surface area contributed by atoms with Crippen LogP contribution in [0.4, 0.5) is 0 Å². The van der Waals surface area contributed by atoms with Crippen LogP contribution in [0.2, 0.25) is 0 Å². The summed E-state index contributed by atoms with van der Waals surface area (Å²) in [7, 11) is 0. The van der Waals surface area contributed by atoms with Gasteiger partial charge in [-0.25, -0.2) is 4.98 Å². The van der Waals surface area contributed by atoms with Gasteiger partial charge in [0.15, 0.2) is 5.96 Å². The molecule has 0 aliphatic carbocycles. The average molecular weight is 490 g/mol. The Balaban J connectivity index is 0.00000243. The number of aromatic nitrogens is 1. The third kappa shape index (κ3) is 6.88. The summed E-state index contributed by atoms with van der Waals surface area (Å²) in [6.07, 6.45) is 5.50. The Kier molecular flexibility index (Phi) is 9.41. The number of aliphatic imine (C=N–C) groups is 1. The standard InChI is InChI=1S/C18H26N4O2S.HI/c1-14(17-19-7-10-25-17)11-21-18(22-12-15-5-9-23-13-15)20-6-4-16-3-2-8-24-16;/h2-3,7-8,10,14-15H,4-6,9,11-13H2,1H3,(H2,20,21,22);1H. The molecule has 2 aromatic rings. The van der Waals surface area contributed by atoms with E-state index in [1.165, 1.54) is 0 Å². The SMILES string of the molecule is CC(CN=C(NCCc1ccco1)NCC1CCOC1)c1nccs1.I. The lowest BCUT2D eigenvalue weighted by Crippen LogP contribution is -2.41. The van der Waals surface area contributed by atoms with Crippen LogP contribution in [-0.2, 0) is 11.2 Å². The highest BCUT2D eigenvalue weighted by molar-refractivity contribution is 14.0. The fraction of sp³-hybridized carbons (Fsp3) is 0.556. The highest BCUT2D eigenvalue weighted by Crippen LogP contribution is 2.17. The van der Waals surface area contributed by atoms with E-state index >= 15 is 0 Å². The summed E-state index contributed by atoms with van der Waals surface area (Å²) in [5.74, 6) is 2.71. The first-order valence-corrected chi connectivity index (χ1v) is 9.71. The smallest absolute Gasteiger partial charge is 0.191 e. The lowest BCUT2D eigenvalue weighted by Gasteiger charge is -2.15. The fourth-order valence-corrected chi connectivity index (χ4v) is 3.39. The van der Waals surface area contributed by atoms with Crippen LogP contribution in [0.3, 0.4) is 0 Å². The molecule has 0 aromatic carbocycles. The molecule has 26 heavy (non-hydrogen) atoms. The Hall–Kier alpha value is -1.13. The van der Waals surface area contributed by atoms with E-state index in [0.717, 1.165) is 55.9 Å². The lowest BCUT2D eigenvalue weighted by molar-refractivity contribution is 0.186. The zero-order valence-corrected chi connectivity index (χ0v) is 18.2. The summed E-state index contributed by atoms with van der Waals surface area (Å²) in [4.78, 5) is 9.13. The second kappa shape index (κ2) is 11.6. The molecule has 6 nitrogen and oxygen atoms in total. The predicted molar refractivity (Wildman–Crippen MR) is 116 cm³/mol. The van der Waals surface area contributed by atoms with E-state index in [4.69, 9.17) is 14.1 Å². The van der Waals surface area contributed by atoms with Crippen molar-refractivity contribution in [1.29, 1.82) is 0 Å². The molecule has 8 heteroatoms. The lowest BCUT2D eigenvalue weighted by atomic mass is 10.1. The van der Waals surface area contributed by atoms with Crippen LogP contribution in [0.15, 0.2) is 39.4 Å². The highest BCUT2D eigenvalue weighted by Gasteiger charge is 2.16. The summed E-state index contributed by atoms with van der Waals surface area (Å²) in [6.45, 7) is 6.25. The van der Waals surface area contributed by atoms with Gasteiger partial charge in [0.25, 0.3) is 0 Å². The Bertz CT molecular complexity index is 628. The Labute approximate surface area is 175 Å². The number of thiazole rings is 1. The second-order valence-electron chi connectivity index (χ2n) is 6.33. The maximum atomic E-state index is 5.45. The third-order valence-electron chi connectivity index (χ3n) is 4.22. The predicted octanol–water partition coefficient (Wildman–Crippen LogP) is 3.27. The minimum Gasteiger partial charge on any atom is -0.469 e. The molecule has 2 atom stereocenters. The fourth-order valence-electron chi connectivity index (χ4n) is 2.70. The van der Waals surface area contributed by atoms with Crippen molar-refractivity contribution in [3.8, 4) is 0 Å². The van der Waals surface area contributed by atoms with Crippen molar-refractivity contribution >= 4 is 41.3 Å². The van der Waals surface area contributed by atoms with Gasteiger partial charge >= 0.3 is 0 Å². The quantitative estimate of drug-likeness (QED) is 0.338. The Morgan fingerprint density at radius 3 is 3.08 bits per heavy atom. The first kappa shape index (κ1) is 21.2. The topological polar surface area (TPSA) is 71.7 Å². The third-order valence-corrected chi connectivity index (χ3v) is 5.23. The molecule has 1 saturated heterocycles. The molecule has 3 heterocycles. The molecule has 1 aliphatic rings. The van der Waals surface area contributed by atoms with Gasteiger partial charge in [0.1, 0.15) is 5.76 Å². The monoisotopic (exact) mass is 490 g/mol. The van der Waals surface area contributed by atoms with Crippen molar-refractivity contribution in [3.05, 3.63) is 40.7 Å².